The number of carbonyl (C=O) groups excluding carboxylic acids is 1. The number of aliphatic hydroxyl groups is 1. The number of halogens is 1. The number of amides is 1. The van der Waals surface area contributed by atoms with Gasteiger partial charge in [0.1, 0.15) is 0 Å². The number of ether oxygens (including phenoxy) is 1. The number of phenolic OH excluding ortho intramolecular Hbond substituents is 1. The normalized spacial score (nSPS) is 26.2. The van der Waals surface area contributed by atoms with Crippen LogP contribution in [0.15, 0.2) is 42.5 Å². The topological polar surface area (TPSA) is 82.0 Å². The summed E-state index contributed by atoms with van der Waals surface area (Å²) in [7, 11) is 1.52. The average Bonchev–Trinajstić information content (AvgIpc) is 2.76. The number of piperidine rings is 1. The first kappa shape index (κ1) is 21.9. The number of nitrogens with zero attached hydrogens (tertiary/aromatic N) is 1. The third kappa shape index (κ3) is 4.66. The van der Waals surface area contributed by atoms with Gasteiger partial charge in [0, 0.05) is 29.2 Å². The molecule has 1 aliphatic heterocycles. The minimum atomic E-state index is -0.725. The summed E-state index contributed by atoms with van der Waals surface area (Å²) < 4.78 is 5.32. The van der Waals surface area contributed by atoms with Crippen LogP contribution in [0.5, 0.6) is 11.5 Å². The van der Waals surface area contributed by atoms with Crippen LogP contribution in [-0.2, 0) is 4.79 Å². The van der Waals surface area contributed by atoms with E-state index in [2.05, 4.69) is 10.2 Å². The van der Waals surface area contributed by atoms with E-state index in [-0.39, 0.29) is 30.2 Å². The molecule has 2 fully saturated rings. The van der Waals surface area contributed by atoms with Crippen LogP contribution in [0.4, 0.5) is 5.69 Å². The van der Waals surface area contributed by atoms with Crippen molar-refractivity contribution < 1.29 is 19.7 Å². The summed E-state index contributed by atoms with van der Waals surface area (Å²) in [5.41, 5.74) is 0.916. The van der Waals surface area contributed by atoms with Crippen LogP contribution < -0.4 is 10.1 Å². The molecule has 1 aliphatic carbocycles. The van der Waals surface area contributed by atoms with E-state index in [1.807, 2.05) is 12.1 Å². The van der Waals surface area contributed by atoms with Gasteiger partial charge in [-0.25, -0.2) is 0 Å². The number of hydrogen-bond donors (Lipinski definition) is 3. The van der Waals surface area contributed by atoms with E-state index < -0.39 is 5.60 Å². The second kappa shape index (κ2) is 9.07. The molecule has 3 atom stereocenters. The van der Waals surface area contributed by atoms with Crippen molar-refractivity contribution in [2.45, 2.75) is 43.7 Å². The van der Waals surface area contributed by atoms with Crippen LogP contribution in [0.2, 0.25) is 5.02 Å². The van der Waals surface area contributed by atoms with E-state index >= 15 is 0 Å². The molecule has 4 rings (SSSR count). The third-order valence-electron chi connectivity index (χ3n) is 6.69. The zero-order valence-electron chi connectivity index (χ0n) is 17.7. The quantitative estimate of drug-likeness (QED) is 0.638. The Kier molecular flexibility index (Phi) is 6.42. The van der Waals surface area contributed by atoms with E-state index in [4.69, 9.17) is 16.3 Å². The highest BCUT2D eigenvalue weighted by molar-refractivity contribution is 6.30. The molecular weight excluding hydrogens is 416 g/mol. The first-order chi connectivity index (χ1) is 14.9. The standard InChI is InChI=1S/C24H29ClN2O4/c1-31-21-14-16(5-10-20(21)28)23-19-4-2-3-11-24(19,30)12-13-27(23)15-22(29)26-18-8-6-17(25)7-9-18/h5-10,14,19,23,28,30H,2-4,11-13,15H2,1H3,(H,26,29)/t19-,23-,24+/m0/s1. The summed E-state index contributed by atoms with van der Waals surface area (Å²) in [4.78, 5) is 15.0. The van der Waals surface area contributed by atoms with Crippen molar-refractivity contribution >= 4 is 23.2 Å². The fraction of sp³-hybridized carbons (Fsp3) is 0.458. The van der Waals surface area contributed by atoms with Gasteiger partial charge in [-0.15, -0.1) is 0 Å². The predicted molar refractivity (Wildman–Crippen MR) is 121 cm³/mol. The van der Waals surface area contributed by atoms with Crippen molar-refractivity contribution in [1.29, 1.82) is 0 Å². The van der Waals surface area contributed by atoms with Crippen molar-refractivity contribution in [3.8, 4) is 11.5 Å². The Balaban J connectivity index is 1.60. The number of rotatable bonds is 5. The van der Waals surface area contributed by atoms with Crippen LogP contribution in [0.25, 0.3) is 0 Å². The number of fused-ring (bicyclic) bond motifs is 1. The Labute approximate surface area is 187 Å². The maximum Gasteiger partial charge on any atom is 0.238 e. The monoisotopic (exact) mass is 444 g/mol. The molecule has 0 unspecified atom stereocenters. The highest BCUT2D eigenvalue weighted by atomic mass is 35.5. The molecule has 2 aliphatic rings. The zero-order chi connectivity index (χ0) is 22.0. The van der Waals surface area contributed by atoms with Gasteiger partial charge in [0.05, 0.1) is 19.3 Å². The van der Waals surface area contributed by atoms with Gasteiger partial charge in [0.2, 0.25) is 5.91 Å². The molecule has 1 heterocycles. The highest BCUT2D eigenvalue weighted by Crippen LogP contribution is 2.50. The highest BCUT2D eigenvalue weighted by Gasteiger charge is 2.49. The maximum absolute atomic E-state index is 12.8. The van der Waals surface area contributed by atoms with Gasteiger partial charge in [0.15, 0.2) is 11.5 Å². The number of benzene rings is 2. The largest absolute Gasteiger partial charge is 0.504 e. The number of likely N-dealkylation sites (tertiary alicyclic amines) is 1. The minimum absolute atomic E-state index is 0.0209. The van der Waals surface area contributed by atoms with Crippen molar-refractivity contribution in [2.75, 3.05) is 25.5 Å². The number of aromatic hydroxyl groups is 1. The van der Waals surface area contributed by atoms with Crippen LogP contribution in [0, 0.1) is 5.92 Å². The van der Waals surface area contributed by atoms with Gasteiger partial charge < -0.3 is 20.3 Å². The van der Waals surface area contributed by atoms with Crippen LogP contribution in [0.3, 0.4) is 0 Å². The van der Waals surface area contributed by atoms with E-state index in [0.29, 0.717) is 29.4 Å². The molecule has 2 aromatic carbocycles. The fourth-order valence-electron chi connectivity index (χ4n) is 5.16. The van der Waals surface area contributed by atoms with Gasteiger partial charge in [-0.1, -0.05) is 30.5 Å². The number of phenols is 1. The average molecular weight is 445 g/mol. The summed E-state index contributed by atoms with van der Waals surface area (Å²) in [6, 6.07) is 12.2. The number of anilines is 1. The van der Waals surface area contributed by atoms with E-state index in [9.17, 15) is 15.0 Å². The zero-order valence-corrected chi connectivity index (χ0v) is 18.4. The summed E-state index contributed by atoms with van der Waals surface area (Å²) in [5.74, 6) is 0.382. The Morgan fingerprint density at radius 3 is 2.74 bits per heavy atom. The van der Waals surface area contributed by atoms with E-state index in [1.165, 1.54) is 7.11 Å². The molecule has 1 amide bonds. The van der Waals surface area contributed by atoms with Gasteiger partial charge in [-0.05, 0) is 61.2 Å². The van der Waals surface area contributed by atoms with Gasteiger partial charge >= 0.3 is 0 Å². The van der Waals surface area contributed by atoms with Crippen LogP contribution in [-0.4, -0.2) is 46.8 Å². The molecule has 0 spiro atoms. The molecule has 0 aromatic heterocycles. The summed E-state index contributed by atoms with van der Waals surface area (Å²) >= 11 is 5.93. The molecule has 31 heavy (non-hydrogen) atoms. The second-order valence-electron chi connectivity index (χ2n) is 8.61. The smallest absolute Gasteiger partial charge is 0.238 e. The first-order valence-corrected chi connectivity index (χ1v) is 11.2. The molecule has 0 bridgehead atoms. The third-order valence-corrected chi connectivity index (χ3v) is 6.94. The first-order valence-electron chi connectivity index (χ1n) is 10.8. The fourth-order valence-corrected chi connectivity index (χ4v) is 5.29. The number of nitrogens with one attached hydrogen (secondary N) is 1. The molecule has 166 valence electrons. The predicted octanol–water partition coefficient (Wildman–Crippen LogP) is 4.36. The summed E-state index contributed by atoms with van der Waals surface area (Å²) in [6.07, 6.45) is 4.42. The van der Waals surface area contributed by atoms with Gasteiger partial charge in [-0.3, -0.25) is 9.69 Å². The number of methoxy groups -OCH3 is 1. The molecule has 7 heteroatoms. The van der Waals surface area contributed by atoms with E-state index in [0.717, 1.165) is 31.2 Å². The Morgan fingerprint density at radius 1 is 1.23 bits per heavy atom. The molecule has 0 radical (unpaired) electrons. The second-order valence-corrected chi connectivity index (χ2v) is 9.04. The van der Waals surface area contributed by atoms with Gasteiger partial charge in [0.25, 0.3) is 0 Å². The summed E-state index contributed by atoms with van der Waals surface area (Å²) in [6.45, 7) is 0.831. The Hall–Kier alpha value is -2.28. The lowest BCUT2D eigenvalue weighted by Crippen LogP contribution is -2.56. The van der Waals surface area contributed by atoms with Crippen LogP contribution in [0.1, 0.15) is 43.7 Å². The Bertz CT molecular complexity index is 936. The lowest BCUT2D eigenvalue weighted by molar-refractivity contribution is -0.135. The maximum atomic E-state index is 12.8. The SMILES string of the molecule is COc1cc([C@H]2[C@@H]3CCCC[C@@]3(O)CCN2CC(=O)Nc2ccc(Cl)cc2)ccc1O. The molecule has 2 aromatic rings. The lowest BCUT2D eigenvalue weighted by Gasteiger charge is -2.52. The van der Waals surface area contributed by atoms with Gasteiger partial charge in [-0.2, -0.15) is 0 Å². The molecule has 6 nitrogen and oxygen atoms in total. The molecule has 1 saturated carbocycles. The van der Waals surface area contributed by atoms with Crippen molar-refractivity contribution in [2.24, 2.45) is 5.92 Å². The number of hydrogen-bond acceptors (Lipinski definition) is 5. The number of carbonyl (C=O) groups is 1. The molecule has 1 saturated heterocycles. The summed E-state index contributed by atoms with van der Waals surface area (Å²) in [5, 5.41) is 25.0. The molecular formula is C24H29ClN2O4. The molecule has 3 N–H and O–H groups in total. The van der Waals surface area contributed by atoms with E-state index in [1.54, 1.807) is 30.3 Å². The van der Waals surface area contributed by atoms with Crippen molar-refractivity contribution in [1.82, 2.24) is 4.90 Å². The van der Waals surface area contributed by atoms with Crippen molar-refractivity contribution in [3.63, 3.8) is 0 Å². The Morgan fingerprint density at radius 2 is 2.00 bits per heavy atom. The van der Waals surface area contributed by atoms with Crippen molar-refractivity contribution in [3.05, 3.63) is 53.1 Å². The van der Waals surface area contributed by atoms with Crippen LogP contribution >= 0.6 is 11.6 Å². The minimum Gasteiger partial charge on any atom is -0.504 e. The lowest BCUT2D eigenvalue weighted by atomic mass is 9.66.